The van der Waals surface area contributed by atoms with Crippen LogP contribution in [-0.2, 0) is 0 Å². The molecule has 1 nitrogen and oxygen atoms in total. The van der Waals surface area contributed by atoms with Crippen molar-refractivity contribution in [2.75, 3.05) is 7.11 Å². The zero-order valence-electron chi connectivity index (χ0n) is 7.23. The van der Waals surface area contributed by atoms with Crippen molar-refractivity contribution in [2.45, 2.75) is 6.92 Å². The van der Waals surface area contributed by atoms with Gasteiger partial charge in [-0.25, -0.2) is 4.39 Å². The third-order valence-corrected chi connectivity index (χ3v) is 1.79. The molecule has 0 N–H and O–H groups in total. The molecular weight excluding hydrogens is 155 g/mol. The zero-order chi connectivity index (χ0) is 9.14. The molecule has 1 aromatic carbocycles. The lowest BCUT2D eigenvalue weighted by Crippen LogP contribution is -1.93. The summed E-state index contributed by atoms with van der Waals surface area (Å²) in [6, 6.07) is 3.06. The van der Waals surface area contributed by atoms with Crippen molar-refractivity contribution in [3.05, 3.63) is 35.7 Å². The fraction of sp³-hybridized carbons (Fsp3) is 0.200. The van der Waals surface area contributed by atoms with E-state index in [1.807, 2.05) is 0 Å². The highest BCUT2D eigenvalue weighted by atomic mass is 19.1. The van der Waals surface area contributed by atoms with Crippen LogP contribution in [0.4, 0.5) is 4.39 Å². The van der Waals surface area contributed by atoms with E-state index in [9.17, 15) is 4.39 Å². The maximum Gasteiger partial charge on any atom is 0.131 e. The topological polar surface area (TPSA) is 9.23 Å². The second-order valence-corrected chi connectivity index (χ2v) is 2.50. The summed E-state index contributed by atoms with van der Waals surface area (Å²) in [6.45, 7) is 5.29. The van der Waals surface area contributed by atoms with Crippen LogP contribution < -0.4 is 4.74 Å². The Morgan fingerprint density at radius 3 is 2.67 bits per heavy atom. The second-order valence-electron chi connectivity index (χ2n) is 2.50. The Balaban J connectivity index is 3.35. The highest BCUT2D eigenvalue weighted by molar-refractivity contribution is 5.58. The molecule has 0 amide bonds. The predicted octanol–water partition coefficient (Wildman–Crippen LogP) is 2.79. The van der Waals surface area contributed by atoms with Gasteiger partial charge in [-0.1, -0.05) is 12.7 Å². The summed E-state index contributed by atoms with van der Waals surface area (Å²) >= 11 is 0. The number of methoxy groups -OCH3 is 1. The predicted molar refractivity (Wildman–Crippen MR) is 47.8 cm³/mol. The van der Waals surface area contributed by atoms with E-state index in [1.165, 1.54) is 13.2 Å². The van der Waals surface area contributed by atoms with Gasteiger partial charge >= 0.3 is 0 Å². The molecule has 0 radical (unpaired) electrons. The van der Waals surface area contributed by atoms with Crippen molar-refractivity contribution in [2.24, 2.45) is 0 Å². The van der Waals surface area contributed by atoms with Crippen LogP contribution in [0, 0.1) is 12.7 Å². The third kappa shape index (κ3) is 1.33. The molecule has 1 rings (SSSR count). The van der Waals surface area contributed by atoms with E-state index in [-0.39, 0.29) is 5.82 Å². The average Bonchev–Trinajstić information content (AvgIpc) is 2.09. The monoisotopic (exact) mass is 166 g/mol. The van der Waals surface area contributed by atoms with Gasteiger partial charge in [-0.3, -0.25) is 0 Å². The Morgan fingerprint density at radius 1 is 1.50 bits per heavy atom. The van der Waals surface area contributed by atoms with Crippen LogP contribution in [0.1, 0.15) is 11.1 Å². The summed E-state index contributed by atoms with van der Waals surface area (Å²) in [7, 11) is 1.52. The van der Waals surface area contributed by atoms with Gasteiger partial charge < -0.3 is 4.74 Å². The lowest BCUT2D eigenvalue weighted by Gasteiger charge is -2.08. The molecule has 0 spiro atoms. The molecule has 0 atom stereocenters. The Labute approximate surface area is 71.5 Å². The molecule has 0 aliphatic carbocycles. The fourth-order valence-electron chi connectivity index (χ4n) is 1.12. The number of benzene rings is 1. The molecule has 2 heteroatoms. The van der Waals surface area contributed by atoms with Crippen molar-refractivity contribution < 1.29 is 9.13 Å². The van der Waals surface area contributed by atoms with Gasteiger partial charge in [0.2, 0.25) is 0 Å². The minimum absolute atomic E-state index is 0.252. The zero-order valence-corrected chi connectivity index (χ0v) is 7.23. The highest BCUT2D eigenvalue weighted by Crippen LogP contribution is 2.25. The molecular formula is C10H11FO. The van der Waals surface area contributed by atoms with Gasteiger partial charge in [-0.15, -0.1) is 0 Å². The van der Waals surface area contributed by atoms with E-state index in [2.05, 4.69) is 6.58 Å². The van der Waals surface area contributed by atoms with Gasteiger partial charge in [-0.2, -0.15) is 0 Å². The second kappa shape index (κ2) is 3.39. The molecule has 0 heterocycles. The largest absolute Gasteiger partial charge is 0.496 e. The van der Waals surface area contributed by atoms with Crippen LogP contribution in [0.3, 0.4) is 0 Å². The van der Waals surface area contributed by atoms with Gasteiger partial charge in [0.25, 0.3) is 0 Å². The maximum atomic E-state index is 13.0. The van der Waals surface area contributed by atoms with E-state index in [0.29, 0.717) is 11.3 Å². The van der Waals surface area contributed by atoms with Crippen molar-refractivity contribution >= 4 is 6.08 Å². The Hall–Kier alpha value is -1.31. The fourth-order valence-corrected chi connectivity index (χ4v) is 1.12. The van der Waals surface area contributed by atoms with Gasteiger partial charge in [0.05, 0.1) is 7.11 Å². The minimum atomic E-state index is -0.252. The van der Waals surface area contributed by atoms with Crippen LogP contribution in [0.15, 0.2) is 18.7 Å². The molecule has 0 bridgehead atoms. The van der Waals surface area contributed by atoms with Gasteiger partial charge in [-0.05, 0) is 19.1 Å². The molecule has 0 saturated heterocycles. The smallest absolute Gasteiger partial charge is 0.131 e. The van der Waals surface area contributed by atoms with Crippen molar-refractivity contribution in [3.63, 3.8) is 0 Å². The first-order valence-electron chi connectivity index (χ1n) is 3.66. The molecule has 0 saturated carbocycles. The van der Waals surface area contributed by atoms with Crippen LogP contribution in [0.5, 0.6) is 5.75 Å². The number of rotatable bonds is 2. The lowest BCUT2D eigenvalue weighted by atomic mass is 10.1. The normalized spacial score (nSPS) is 9.58. The van der Waals surface area contributed by atoms with Crippen LogP contribution in [-0.4, -0.2) is 7.11 Å². The molecule has 0 aliphatic heterocycles. The average molecular weight is 166 g/mol. The molecule has 0 fully saturated rings. The van der Waals surface area contributed by atoms with Crippen LogP contribution >= 0.6 is 0 Å². The highest BCUT2D eigenvalue weighted by Gasteiger charge is 2.07. The number of ether oxygens (including phenoxy) is 1. The van der Waals surface area contributed by atoms with Crippen molar-refractivity contribution in [1.29, 1.82) is 0 Å². The van der Waals surface area contributed by atoms with E-state index in [4.69, 9.17) is 4.74 Å². The van der Waals surface area contributed by atoms with E-state index < -0.39 is 0 Å². The molecule has 0 aliphatic rings. The summed E-state index contributed by atoms with van der Waals surface area (Å²) in [5, 5.41) is 0. The Morgan fingerprint density at radius 2 is 2.17 bits per heavy atom. The van der Waals surface area contributed by atoms with Gasteiger partial charge in [0, 0.05) is 11.1 Å². The first kappa shape index (κ1) is 8.78. The van der Waals surface area contributed by atoms with Gasteiger partial charge in [0.1, 0.15) is 11.6 Å². The first-order valence-corrected chi connectivity index (χ1v) is 3.66. The summed E-state index contributed by atoms with van der Waals surface area (Å²) < 4.78 is 18.0. The molecule has 0 aromatic heterocycles. The van der Waals surface area contributed by atoms with Crippen molar-refractivity contribution in [3.8, 4) is 5.75 Å². The number of hydrogen-bond donors (Lipinski definition) is 0. The van der Waals surface area contributed by atoms with Crippen molar-refractivity contribution in [1.82, 2.24) is 0 Å². The Bertz CT molecular complexity index is 305. The molecule has 64 valence electrons. The third-order valence-electron chi connectivity index (χ3n) is 1.79. The number of halogens is 1. The summed E-state index contributed by atoms with van der Waals surface area (Å²) in [5.74, 6) is 0.308. The summed E-state index contributed by atoms with van der Waals surface area (Å²) in [5.41, 5.74) is 1.34. The standard InChI is InChI=1S/C10H11FO/c1-4-8-5-6-9(11)7(2)10(8)12-3/h4-6H,1H2,2-3H3. The SMILES string of the molecule is C=Cc1ccc(F)c(C)c1OC. The molecule has 0 unspecified atom stereocenters. The molecule has 12 heavy (non-hydrogen) atoms. The minimum Gasteiger partial charge on any atom is -0.496 e. The quantitative estimate of drug-likeness (QED) is 0.656. The van der Waals surface area contributed by atoms with E-state index >= 15 is 0 Å². The number of hydrogen-bond acceptors (Lipinski definition) is 1. The Kier molecular flexibility index (Phi) is 2.48. The van der Waals surface area contributed by atoms with Gasteiger partial charge in [0.15, 0.2) is 0 Å². The maximum absolute atomic E-state index is 13.0. The first-order chi connectivity index (χ1) is 5.70. The van der Waals surface area contributed by atoms with Crippen LogP contribution in [0.2, 0.25) is 0 Å². The summed E-state index contributed by atoms with van der Waals surface area (Å²) in [6.07, 6.45) is 1.64. The summed E-state index contributed by atoms with van der Waals surface area (Å²) in [4.78, 5) is 0. The van der Waals surface area contributed by atoms with E-state index in [1.54, 1.807) is 19.1 Å². The van der Waals surface area contributed by atoms with Crippen LogP contribution in [0.25, 0.3) is 6.08 Å². The lowest BCUT2D eigenvalue weighted by molar-refractivity contribution is 0.406. The molecule has 1 aromatic rings. The van der Waals surface area contributed by atoms with E-state index in [0.717, 1.165) is 5.56 Å².